The van der Waals surface area contributed by atoms with Crippen molar-refractivity contribution in [2.45, 2.75) is 0 Å². The van der Waals surface area contributed by atoms with E-state index in [-0.39, 0.29) is 5.75 Å². The number of aromatic nitrogens is 1. The molecule has 1 aromatic heterocycles. The second-order valence-corrected chi connectivity index (χ2v) is 3.81. The van der Waals surface area contributed by atoms with Crippen LogP contribution in [0, 0.1) is 0 Å². The van der Waals surface area contributed by atoms with Gasteiger partial charge in [-0.1, -0.05) is 12.1 Å². The molecule has 0 spiro atoms. The number of nitrogens with zero attached hydrogens (tertiary/aromatic N) is 1. The van der Waals surface area contributed by atoms with Gasteiger partial charge in [-0.05, 0) is 12.1 Å². The van der Waals surface area contributed by atoms with Crippen LogP contribution < -0.4 is 11.2 Å². The normalized spacial score (nSPS) is 10.1. The van der Waals surface area contributed by atoms with E-state index in [9.17, 15) is 9.90 Å². The van der Waals surface area contributed by atoms with Gasteiger partial charge in [-0.15, -0.1) is 11.3 Å². The maximum atomic E-state index is 11.3. The van der Waals surface area contributed by atoms with E-state index in [0.29, 0.717) is 16.4 Å². The van der Waals surface area contributed by atoms with E-state index in [4.69, 9.17) is 5.73 Å². The lowest BCUT2D eigenvalue weighted by Gasteiger charge is -1.94. The van der Waals surface area contributed by atoms with Gasteiger partial charge in [0.1, 0.15) is 0 Å². The van der Waals surface area contributed by atoms with E-state index in [1.165, 1.54) is 17.4 Å². The number of thiazole rings is 1. The largest absolute Gasteiger partial charge is 0.504 e. The van der Waals surface area contributed by atoms with Crippen LogP contribution in [0.2, 0.25) is 0 Å². The molecule has 0 aliphatic heterocycles. The maximum Gasteiger partial charge on any atom is 0.220 e. The lowest BCUT2D eigenvalue weighted by Crippen LogP contribution is -1.94. The molecule has 76 valence electrons. The smallest absolute Gasteiger partial charge is 0.220 e. The summed E-state index contributed by atoms with van der Waals surface area (Å²) in [5.41, 5.74) is 5.97. The average Bonchev–Trinajstić information content (AvgIpc) is 2.56. The van der Waals surface area contributed by atoms with Crippen molar-refractivity contribution in [3.05, 3.63) is 39.9 Å². The summed E-state index contributed by atoms with van der Waals surface area (Å²) in [7, 11) is 0. The highest BCUT2D eigenvalue weighted by atomic mass is 32.1. The molecule has 0 bridgehead atoms. The minimum Gasteiger partial charge on any atom is -0.504 e. The van der Waals surface area contributed by atoms with Crippen molar-refractivity contribution < 1.29 is 5.11 Å². The summed E-state index contributed by atoms with van der Waals surface area (Å²) in [6.07, 6.45) is 0. The monoisotopic (exact) mass is 220 g/mol. The van der Waals surface area contributed by atoms with E-state index in [1.807, 2.05) is 0 Å². The zero-order valence-electron chi connectivity index (χ0n) is 7.68. The first-order valence-electron chi connectivity index (χ1n) is 4.22. The third-order valence-electron chi connectivity index (χ3n) is 1.91. The fourth-order valence-electron chi connectivity index (χ4n) is 1.20. The van der Waals surface area contributed by atoms with Crippen molar-refractivity contribution in [3.63, 3.8) is 0 Å². The van der Waals surface area contributed by atoms with Crippen molar-refractivity contribution in [1.82, 2.24) is 4.98 Å². The summed E-state index contributed by atoms with van der Waals surface area (Å²) in [6.45, 7) is 0. The molecule has 0 saturated carbocycles. The standard InChI is InChI=1S/C10H8N2O2S/c11-10-12-7(5-15-10)6-3-1-2-4-8(13)9(6)14/h1-5H,(H2,11,12)(H,13,14). The Hall–Kier alpha value is -1.88. The molecule has 0 unspecified atom stereocenters. The molecule has 0 saturated heterocycles. The van der Waals surface area contributed by atoms with Crippen LogP contribution in [0.5, 0.6) is 5.75 Å². The highest BCUT2D eigenvalue weighted by Crippen LogP contribution is 2.27. The zero-order chi connectivity index (χ0) is 10.8. The fraction of sp³-hybridized carbons (Fsp3) is 0. The summed E-state index contributed by atoms with van der Waals surface area (Å²) < 4.78 is 0. The Morgan fingerprint density at radius 2 is 2.07 bits per heavy atom. The topological polar surface area (TPSA) is 76.2 Å². The summed E-state index contributed by atoms with van der Waals surface area (Å²) in [6, 6.07) is 6.17. The molecule has 2 aromatic rings. The molecule has 0 aliphatic rings. The molecule has 4 nitrogen and oxygen atoms in total. The molecule has 3 N–H and O–H groups in total. The highest BCUT2D eigenvalue weighted by Gasteiger charge is 2.08. The highest BCUT2D eigenvalue weighted by molar-refractivity contribution is 7.13. The van der Waals surface area contributed by atoms with E-state index >= 15 is 0 Å². The number of nitrogens with two attached hydrogens (primary N) is 1. The molecule has 1 aromatic carbocycles. The van der Waals surface area contributed by atoms with Crippen LogP contribution in [0.25, 0.3) is 11.3 Å². The second-order valence-electron chi connectivity index (χ2n) is 2.92. The lowest BCUT2D eigenvalue weighted by molar-refractivity contribution is 0.473. The maximum absolute atomic E-state index is 11.3. The molecule has 1 heterocycles. The van der Waals surface area contributed by atoms with E-state index in [0.717, 1.165) is 0 Å². The predicted octanol–water partition coefficient (Wildman–Crippen LogP) is 1.46. The van der Waals surface area contributed by atoms with Crippen LogP contribution in [0.15, 0.2) is 34.4 Å². The minimum atomic E-state index is -0.429. The first kappa shape index (κ1) is 9.67. The molecule has 0 fully saturated rings. The Kier molecular flexibility index (Phi) is 2.39. The Bertz CT molecular complexity index is 551. The van der Waals surface area contributed by atoms with Crippen molar-refractivity contribution in [2.24, 2.45) is 0 Å². The first-order valence-corrected chi connectivity index (χ1v) is 5.10. The van der Waals surface area contributed by atoms with Gasteiger partial charge in [-0.3, -0.25) is 4.79 Å². The van der Waals surface area contributed by atoms with Crippen LogP contribution in [0.4, 0.5) is 5.13 Å². The van der Waals surface area contributed by atoms with E-state index < -0.39 is 5.43 Å². The fourth-order valence-corrected chi connectivity index (χ4v) is 1.77. The Labute approximate surface area is 89.7 Å². The van der Waals surface area contributed by atoms with Gasteiger partial charge >= 0.3 is 0 Å². The van der Waals surface area contributed by atoms with Crippen molar-refractivity contribution in [3.8, 4) is 17.0 Å². The number of hydrogen-bond acceptors (Lipinski definition) is 5. The van der Waals surface area contributed by atoms with Gasteiger partial charge in [0.15, 0.2) is 10.9 Å². The summed E-state index contributed by atoms with van der Waals surface area (Å²) >= 11 is 1.26. The number of aromatic hydroxyl groups is 1. The molecular formula is C10H8N2O2S. The van der Waals surface area contributed by atoms with Crippen LogP contribution in [-0.4, -0.2) is 10.1 Å². The van der Waals surface area contributed by atoms with Crippen molar-refractivity contribution >= 4 is 16.5 Å². The second kappa shape index (κ2) is 3.70. The minimum absolute atomic E-state index is 0.301. The molecular weight excluding hydrogens is 212 g/mol. The van der Waals surface area contributed by atoms with Gasteiger partial charge < -0.3 is 10.8 Å². The SMILES string of the molecule is Nc1nc(-c2ccccc(=O)c2O)cs1. The van der Waals surface area contributed by atoms with Crippen molar-refractivity contribution in [2.75, 3.05) is 5.73 Å². The van der Waals surface area contributed by atoms with Crippen LogP contribution in [0.1, 0.15) is 0 Å². The molecule has 0 amide bonds. The summed E-state index contributed by atoms with van der Waals surface area (Å²) in [5.74, 6) is -0.301. The third-order valence-corrected chi connectivity index (χ3v) is 2.58. The quantitative estimate of drug-likeness (QED) is 0.762. The average molecular weight is 220 g/mol. The number of anilines is 1. The molecule has 5 heteroatoms. The number of hydrogen-bond donors (Lipinski definition) is 2. The molecule has 15 heavy (non-hydrogen) atoms. The number of nitrogen functional groups attached to an aromatic ring is 1. The first-order chi connectivity index (χ1) is 7.18. The molecule has 0 aliphatic carbocycles. The van der Waals surface area contributed by atoms with Gasteiger partial charge in [0, 0.05) is 10.9 Å². The molecule has 2 rings (SSSR count). The Morgan fingerprint density at radius 3 is 2.73 bits per heavy atom. The van der Waals surface area contributed by atoms with Crippen LogP contribution in [0.3, 0.4) is 0 Å². The summed E-state index contributed by atoms with van der Waals surface area (Å²) in [5, 5.41) is 11.7. The third kappa shape index (κ3) is 1.82. The Balaban J connectivity index is 2.69. The summed E-state index contributed by atoms with van der Waals surface area (Å²) in [4.78, 5) is 15.3. The van der Waals surface area contributed by atoms with E-state index in [1.54, 1.807) is 23.6 Å². The lowest BCUT2D eigenvalue weighted by atomic mass is 10.2. The van der Waals surface area contributed by atoms with Crippen LogP contribution in [-0.2, 0) is 0 Å². The molecule has 0 atom stereocenters. The van der Waals surface area contributed by atoms with Gasteiger partial charge in [0.05, 0.1) is 5.69 Å². The zero-order valence-corrected chi connectivity index (χ0v) is 8.49. The molecule has 0 radical (unpaired) electrons. The van der Waals surface area contributed by atoms with Gasteiger partial charge in [-0.2, -0.15) is 0 Å². The van der Waals surface area contributed by atoms with Gasteiger partial charge in [-0.25, -0.2) is 4.98 Å². The number of rotatable bonds is 1. The van der Waals surface area contributed by atoms with Crippen molar-refractivity contribution in [1.29, 1.82) is 0 Å². The van der Waals surface area contributed by atoms with Gasteiger partial charge in [0.25, 0.3) is 0 Å². The van der Waals surface area contributed by atoms with E-state index in [2.05, 4.69) is 4.98 Å². The van der Waals surface area contributed by atoms with Crippen LogP contribution >= 0.6 is 11.3 Å². The Morgan fingerprint density at radius 1 is 1.33 bits per heavy atom. The predicted molar refractivity (Wildman–Crippen MR) is 59.9 cm³/mol. The van der Waals surface area contributed by atoms with Gasteiger partial charge in [0.2, 0.25) is 5.43 Å².